The highest BCUT2D eigenvalue weighted by molar-refractivity contribution is 9.10. The van der Waals surface area contributed by atoms with Crippen LogP contribution in [0.3, 0.4) is 0 Å². The third-order valence-electron chi connectivity index (χ3n) is 6.93. The van der Waals surface area contributed by atoms with Crippen molar-refractivity contribution < 1.29 is 19.1 Å². The Morgan fingerprint density at radius 1 is 0.951 bits per heavy atom. The fourth-order valence-electron chi connectivity index (χ4n) is 4.77. The van der Waals surface area contributed by atoms with Crippen molar-refractivity contribution in [3.8, 4) is 28.6 Å². The molecule has 0 bridgehead atoms. The van der Waals surface area contributed by atoms with Crippen LogP contribution in [-0.4, -0.2) is 82.0 Å². The Morgan fingerprint density at radius 2 is 1.71 bits per heavy atom. The van der Waals surface area contributed by atoms with Crippen molar-refractivity contribution >= 4 is 39.5 Å². The molecule has 0 radical (unpaired) electrons. The van der Waals surface area contributed by atoms with E-state index >= 15 is 0 Å². The van der Waals surface area contributed by atoms with Crippen molar-refractivity contribution in [2.24, 2.45) is 0 Å². The van der Waals surface area contributed by atoms with Crippen LogP contribution >= 0.6 is 27.7 Å². The number of rotatable bonds is 8. The fraction of sp³-hybridized carbons (Fsp3) is 0.267. The van der Waals surface area contributed by atoms with Crippen LogP contribution < -0.4 is 9.47 Å². The number of piperazine rings is 1. The molecule has 2 amide bonds. The number of aromatic nitrogens is 3. The van der Waals surface area contributed by atoms with Gasteiger partial charge >= 0.3 is 0 Å². The first-order chi connectivity index (χ1) is 19.9. The number of amides is 2. The maximum absolute atomic E-state index is 13.3. The Bertz CT molecular complexity index is 1540. The molecule has 1 aliphatic heterocycles. The van der Waals surface area contributed by atoms with Crippen molar-refractivity contribution in [2.75, 3.05) is 39.6 Å². The molecule has 5 rings (SSSR count). The quantitative estimate of drug-likeness (QED) is 0.247. The molecule has 4 aromatic rings. The van der Waals surface area contributed by atoms with Crippen LogP contribution in [0.2, 0.25) is 0 Å². The van der Waals surface area contributed by atoms with E-state index in [1.807, 2.05) is 94.1 Å². The van der Waals surface area contributed by atoms with Crippen molar-refractivity contribution in [1.29, 1.82) is 0 Å². The molecule has 1 saturated heterocycles. The lowest BCUT2D eigenvalue weighted by Gasteiger charge is -2.40. The highest BCUT2D eigenvalue weighted by atomic mass is 79.9. The zero-order valence-electron chi connectivity index (χ0n) is 23.0. The Balaban J connectivity index is 1.31. The summed E-state index contributed by atoms with van der Waals surface area (Å²) in [7, 11) is 3.25. The van der Waals surface area contributed by atoms with Gasteiger partial charge in [0.1, 0.15) is 11.5 Å². The van der Waals surface area contributed by atoms with E-state index < -0.39 is 0 Å². The summed E-state index contributed by atoms with van der Waals surface area (Å²) in [6, 6.07) is 22.5. The summed E-state index contributed by atoms with van der Waals surface area (Å²) in [5.74, 6) is 2.24. The van der Waals surface area contributed by atoms with Gasteiger partial charge in [0.25, 0.3) is 5.91 Å². The number of methoxy groups -OCH3 is 2. The monoisotopic (exact) mass is 635 g/mol. The first kappa shape index (κ1) is 28.7. The van der Waals surface area contributed by atoms with Gasteiger partial charge in [-0.1, -0.05) is 45.9 Å². The van der Waals surface area contributed by atoms with Crippen LogP contribution in [0.5, 0.6) is 11.5 Å². The van der Waals surface area contributed by atoms with E-state index in [4.69, 9.17) is 9.47 Å². The summed E-state index contributed by atoms with van der Waals surface area (Å²) in [6.45, 7) is 3.40. The van der Waals surface area contributed by atoms with Gasteiger partial charge in [-0.25, -0.2) is 0 Å². The van der Waals surface area contributed by atoms with E-state index in [1.54, 1.807) is 14.2 Å². The molecule has 1 aromatic heterocycles. The molecule has 1 atom stereocenters. The zero-order chi connectivity index (χ0) is 28.9. The van der Waals surface area contributed by atoms with Crippen molar-refractivity contribution in [2.45, 2.75) is 18.1 Å². The molecule has 0 aliphatic carbocycles. The highest BCUT2D eigenvalue weighted by Gasteiger charge is 2.30. The van der Waals surface area contributed by atoms with Crippen molar-refractivity contribution in [3.05, 3.63) is 82.8 Å². The number of benzene rings is 3. The van der Waals surface area contributed by atoms with Gasteiger partial charge in [-0.15, -0.1) is 10.2 Å². The lowest BCUT2D eigenvalue weighted by Crippen LogP contribution is -2.55. The Kier molecular flexibility index (Phi) is 8.94. The molecule has 212 valence electrons. The van der Waals surface area contributed by atoms with Crippen molar-refractivity contribution in [1.82, 2.24) is 24.6 Å². The molecule has 2 heterocycles. The van der Waals surface area contributed by atoms with Crippen LogP contribution in [0.25, 0.3) is 17.1 Å². The van der Waals surface area contributed by atoms with Gasteiger partial charge in [0, 0.05) is 47.0 Å². The van der Waals surface area contributed by atoms with Crippen LogP contribution in [0, 0.1) is 0 Å². The second kappa shape index (κ2) is 12.8. The predicted octanol–water partition coefficient (Wildman–Crippen LogP) is 5.18. The third kappa shape index (κ3) is 6.41. The normalized spacial score (nSPS) is 15.1. The number of carbonyl (C=O) groups excluding carboxylic acids is 2. The molecule has 41 heavy (non-hydrogen) atoms. The number of carbonyl (C=O) groups is 2. The standard InChI is InChI=1S/C30H30BrN5O4S/c1-20-18-34(14-15-35(20)29(38)22-7-4-8-23(31)16-22)27(37)19-41-30-33-32-28(21-6-5-9-26(17-21)40-3)36(30)24-10-12-25(39-2)13-11-24/h4-13,16-17,20H,14-15,18-19H2,1-3H3. The lowest BCUT2D eigenvalue weighted by atomic mass is 10.1. The third-order valence-corrected chi connectivity index (χ3v) is 8.34. The van der Waals surface area contributed by atoms with Gasteiger partial charge in [0.05, 0.1) is 20.0 Å². The molecule has 1 unspecified atom stereocenters. The van der Waals surface area contributed by atoms with E-state index in [0.29, 0.717) is 41.9 Å². The maximum atomic E-state index is 13.3. The van der Waals surface area contributed by atoms with E-state index in [9.17, 15) is 9.59 Å². The van der Waals surface area contributed by atoms with Crippen LogP contribution in [0.4, 0.5) is 0 Å². The van der Waals surface area contributed by atoms with Gasteiger partial charge in [-0.3, -0.25) is 14.2 Å². The number of ether oxygens (including phenoxy) is 2. The Hall–Kier alpha value is -3.83. The molecule has 11 heteroatoms. The van der Waals surface area contributed by atoms with Crippen LogP contribution in [0.15, 0.2) is 82.4 Å². The summed E-state index contributed by atoms with van der Waals surface area (Å²) in [5.41, 5.74) is 2.31. The minimum absolute atomic E-state index is 0.0105. The second-order valence-electron chi connectivity index (χ2n) is 9.56. The average molecular weight is 637 g/mol. The molecule has 0 N–H and O–H groups in total. The first-order valence-corrected chi connectivity index (χ1v) is 14.9. The largest absolute Gasteiger partial charge is 0.497 e. The minimum Gasteiger partial charge on any atom is -0.497 e. The molecular formula is C30H30BrN5O4S. The topological polar surface area (TPSA) is 89.8 Å². The van der Waals surface area contributed by atoms with Gasteiger partial charge in [-0.05, 0) is 61.5 Å². The van der Waals surface area contributed by atoms with Crippen LogP contribution in [-0.2, 0) is 4.79 Å². The number of hydrogen-bond acceptors (Lipinski definition) is 7. The average Bonchev–Trinajstić information content (AvgIpc) is 3.43. The summed E-state index contributed by atoms with van der Waals surface area (Å²) >= 11 is 4.77. The Morgan fingerprint density at radius 3 is 2.41 bits per heavy atom. The molecule has 0 spiro atoms. The van der Waals surface area contributed by atoms with Gasteiger partial charge in [-0.2, -0.15) is 0 Å². The number of hydrogen-bond donors (Lipinski definition) is 0. The van der Waals surface area contributed by atoms with Crippen LogP contribution in [0.1, 0.15) is 17.3 Å². The summed E-state index contributed by atoms with van der Waals surface area (Å²) < 4.78 is 13.5. The number of halogens is 1. The highest BCUT2D eigenvalue weighted by Crippen LogP contribution is 2.31. The number of nitrogens with zero attached hydrogens (tertiary/aromatic N) is 5. The smallest absolute Gasteiger partial charge is 0.254 e. The van der Waals surface area contributed by atoms with E-state index in [1.165, 1.54) is 11.8 Å². The van der Waals surface area contributed by atoms with Gasteiger partial charge in [0.15, 0.2) is 11.0 Å². The fourth-order valence-corrected chi connectivity index (χ4v) is 6.02. The summed E-state index contributed by atoms with van der Waals surface area (Å²) in [4.78, 5) is 30.0. The summed E-state index contributed by atoms with van der Waals surface area (Å²) in [6.07, 6.45) is 0. The van der Waals surface area contributed by atoms with E-state index in [2.05, 4.69) is 26.1 Å². The molecular weight excluding hydrogens is 606 g/mol. The maximum Gasteiger partial charge on any atom is 0.254 e. The Labute approximate surface area is 251 Å². The zero-order valence-corrected chi connectivity index (χ0v) is 25.4. The predicted molar refractivity (Wildman–Crippen MR) is 162 cm³/mol. The molecule has 1 fully saturated rings. The molecule has 3 aromatic carbocycles. The van der Waals surface area contributed by atoms with E-state index in [0.717, 1.165) is 21.5 Å². The van der Waals surface area contributed by atoms with Gasteiger partial charge in [0.2, 0.25) is 5.91 Å². The molecule has 0 saturated carbocycles. The van der Waals surface area contributed by atoms with E-state index in [-0.39, 0.29) is 23.6 Å². The number of thioether (sulfide) groups is 1. The van der Waals surface area contributed by atoms with Crippen molar-refractivity contribution in [3.63, 3.8) is 0 Å². The first-order valence-electron chi connectivity index (χ1n) is 13.1. The van der Waals surface area contributed by atoms with Gasteiger partial charge < -0.3 is 19.3 Å². The SMILES string of the molecule is COc1ccc(-n2c(SCC(=O)N3CCN(C(=O)c4cccc(Br)c4)C(C)C3)nnc2-c2cccc(OC)c2)cc1. The minimum atomic E-state index is -0.105. The molecule has 1 aliphatic rings. The summed E-state index contributed by atoms with van der Waals surface area (Å²) in [5, 5.41) is 9.53. The second-order valence-corrected chi connectivity index (χ2v) is 11.4. The molecule has 9 nitrogen and oxygen atoms in total. The lowest BCUT2D eigenvalue weighted by molar-refractivity contribution is -0.130.